The lowest BCUT2D eigenvalue weighted by molar-refractivity contribution is -0.117. The fourth-order valence-electron chi connectivity index (χ4n) is 4.80. The van der Waals surface area contributed by atoms with Crippen LogP contribution in [0.5, 0.6) is 0 Å². The zero-order valence-corrected chi connectivity index (χ0v) is 22.8. The van der Waals surface area contributed by atoms with E-state index in [4.69, 9.17) is 9.84 Å². The summed E-state index contributed by atoms with van der Waals surface area (Å²) in [5, 5.41) is 27.8. The molecule has 1 amide bonds. The largest absolute Gasteiger partial charge is 0.459 e. The van der Waals surface area contributed by atoms with E-state index >= 15 is 0 Å². The van der Waals surface area contributed by atoms with Crippen molar-refractivity contribution in [1.82, 2.24) is 0 Å². The molecule has 3 rings (SSSR count). The Morgan fingerprint density at radius 1 is 1.11 bits per heavy atom. The first-order chi connectivity index (χ1) is 17.8. The average Bonchev–Trinajstić information content (AvgIpc) is 3.53. The predicted molar refractivity (Wildman–Crippen MR) is 146 cm³/mol. The summed E-state index contributed by atoms with van der Waals surface area (Å²) in [5.41, 5.74) is 2.31. The van der Waals surface area contributed by atoms with Gasteiger partial charge in [-0.25, -0.2) is 4.79 Å². The molecule has 2 heterocycles. The van der Waals surface area contributed by atoms with Crippen LogP contribution in [0.3, 0.4) is 0 Å². The summed E-state index contributed by atoms with van der Waals surface area (Å²) in [5.74, 6) is 0.149. The van der Waals surface area contributed by atoms with E-state index in [0.717, 1.165) is 36.2 Å². The van der Waals surface area contributed by atoms with Gasteiger partial charge in [0.2, 0.25) is 5.91 Å². The molecular formula is C29H41NO6S. The third-order valence-corrected chi connectivity index (χ3v) is 8.27. The Kier molecular flexibility index (Phi) is 11.6. The molecule has 204 valence electrons. The third-order valence-electron chi connectivity index (χ3n) is 7.15. The molecule has 3 N–H and O–H groups in total. The van der Waals surface area contributed by atoms with Crippen LogP contribution in [0, 0.1) is 0 Å². The molecule has 0 saturated carbocycles. The third kappa shape index (κ3) is 8.37. The molecule has 1 saturated heterocycles. The maximum atomic E-state index is 12.7. The van der Waals surface area contributed by atoms with E-state index in [1.165, 1.54) is 42.6 Å². The highest BCUT2D eigenvalue weighted by molar-refractivity contribution is 7.13. The number of hydrogen-bond donors (Lipinski definition) is 3. The minimum absolute atomic E-state index is 0.184. The van der Waals surface area contributed by atoms with E-state index < -0.39 is 24.8 Å². The van der Waals surface area contributed by atoms with Crippen molar-refractivity contribution in [2.45, 2.75) is 95.8 Å². The molecule has 2 aromatic rings. The molecule has 7 nitrogen and oxygen atoms in total. The number of rotatable bonds is 15. The molecule has 0 bridgehead atoms. The monoisotopic (exact) mass is 531 g/mol. The van der Waals surface area contributed by atoms with E-state index in [1.807, 2.05) is 11.0 Å². The van der Waals surface area contributed by atoms with Crippen molar-refractivity contribution < 1.29 is 29.6 Å². The molecule has 1 aliphatic rings. The molecule has 8 heteroatoms. The molecular weight excluding hydrogens is 490 g/mol. The topological polar surface area (TPSA) is 107 Å². The Bertz CT molecular complexity index is 991. The first-order valence-electron chi connectivity index (χ1n) is 13.5. The van der Waals surface area contributed by atoms with Gasteiger partial charge in [0, 0.05) is 23.0 Å². The Morgan fingerprint density at radius 2 is 1.86 bits per heavy atom. The zero-order valence-electron chi connectivity index (χ0n) is 22.0. The maximum Gasteiger partial charge on any atom is 0.348 e. The second kappa shape index (κ2) is 14.6. The number of aliphatic hydroxyl groups excluding tert-OH is 3. The number of benzene rings is 1. The number of hydrogen-bond acceptors (Lipinski definition) is 7. The van der Waals surface area contributed by atoms with E-state index in [1.54, 1.807) is 6.07 Å². The molecule has 1 aromatic carbocycles. The summed E-state index contributed by atoms with van der Waals surface area (Å²) >= 11 is 1.35. The number of carbonyl (C=O) groups excluding carboxylic acids is 2. The van der Waals surface area contributed by atoms with Gasteiger partial charge in [-0.05, 0) is 67.9 Å². The SMILES string of the molecule is CCCCC[C@H](C)c1ccc(N2C(=O)CC[C@@H]2CCCc2ccc(C(=O)OC[C@H](O)[C@H](O)CO)s2)cc1. The molecule has 0 unspecified atom stereocenters. The van der Waals surface area contributed by atoms with Crippen LogP contribution in [0.4, 0.5) is 5.69 Å². The van der Waals surface area contributed by atoms with Gasteiger partial charge in [0.05, 0.1) is 6.61 Å². The van der Waals surface area contributed by atoms with E-state index in [0.29, 0.717) is 17.2 Å². The maximum absolute atomic E-state index is 12.7. The molecule has 0 aliphatic carbocycles. The van der Waals surface area contributed by atoms with Crippen molar-refractivity contribution in [2.75, 3.05) is 18.1 Å². The van der Waals surface area contributed by atoms with Crippen LogP contribution in [-0.2, 0) is 16.0 Å². The van der Waals surface area contributed by atoms with Crippen LogP contribution in [0.2, 0.25) is 0 Å². The van der Waals surface area contributed by atoms with Crippen LogP contribution < -0.4 is 4.90 Å². The van der Waals surface area contributed by atoms with E-state index in [2.05, 4.69) is 38.1 Å². The molecule has 0 radical (unpaired) electrons. The fraction of sp³-hybridized carbons (Fsp3) is 0.586. The Hall–Kier alpha value is -2.26. The summed E-state index contributed by atoms with van der Waals surface area (Å²) in [7, 11) is 0. The van der Waals surface area contributed by atoms with Crippen LogP contribution in [0.1, 0.15) is 91.2 Å². The number of amides is 1. The van der Waals surface area contributed by atoms with Crippen LogP contribution in [0.15, 0.2) is 36.4 Å². The number of ether oxygens (including phenoxy) is 1. The molecule has 1 fully saturated rings. The zero-order chi connectivity index (χ0) is 26.8. The highest BCUT2D eigenvalue weighted by Crippen LogP contribution is 2.32. The highest BCUT2D eigenvalue weighted by Gasteiger charge is 2.31. The standard InChI is InChI=1S/C29H41NO6S/c1-3-4-5-7-20(2)21-10-12-23(13-11-21)30-22(14-17-28(30)34)8-6-9-24-15-16-27(37-24)29(35)36-19-26(33)25(32)18-31/h10-13,15-16,20,22,25-26,31-33H,3-9,14,17-19H2,1-2H3/t20-,22-,25+,26-/m0/s1. The Morgan fingerprint density at radius 3 is 2.57 bits per heavy atom. The second-order valence-electron chi connectivity index (χ2n) is 10.0. The van der Waals surface area contributed by atoms with Gasteiger partial charge in [-0.15, -0.1) is 11.3 Å². The van der Waals surface area contributed by atoms with Gasteiger partial charge in [-0.3, -0.25) is 4.79 Å². The van der Waals surface area contributed by atoms with E-state index in [9.17, 15) is 19.8 Å². The summed E-state index contributed by atoms with van der Waals surface area (Å²) in [6, 6.07) is 12.3. The molecule has 37 heavy (non-hydrogen) atoms. The first-order valence-corrected chi connectivity index (χ1v) is 14.3. The predicted octanol–water partition coefficient (Wildman–Crippen LogP) is 4.82. The Labute approximate surface area is 224 Å². The number of nitrogens with zero attached hydrogens (tertiary/aromatic N) is 1. The van der Waals surface area contributed by atoms with Gasteiger partial charge >= 0.3 is 5.97 Å². The van der Waals surface area contributed by atoms with Gasteiger partial charge in [0.25, 0.3) is 0 Å². The van der Waals surface area contributed by atoms with Crippen molar-refractivity contribution in [3.05, 3.63) is 51.7 Å². The summed E-state index contributed by atoms with van der Waals surface area (Å²) in [6.45, 7) is 3.52. The summed E-state index contributed by atoms with van der Waals surface area (Å²) in [4.78, 5) is 28.4. The first kappa shape index (κ1) is 29.3. The molecule has 1 aromatic heterocycles. The minimum atomic E-state index is -1.34. The average molecular weight is 532 g/mol. The summed E-state index contributed by atoms with van der Waals surface area (Å²) < 4.78 is 5.04. The van der Waals surface area contributed by atoms with Crippen LogP contribution >= 0.6 is 11.3 Å². The van der Waals surface area contributed by atoms with Gasteiger partial charge in [-0.2, -0.15) is 0 Å². The highest BCUT2D eigenvalue weighted by atomic mass is 32.1. The van der Waals surface area contributed by atoms with Crippen molar-refractivity contribution in [3.63, 3.8) is 0 Å². The number of esters is 1. The number of aryl methyl sites for hydroxylation is 1. The molecule has 4 atom stereocenters. The fourth-order valence-corrected chi connectivity index (χ4v) is 5.74. The lowest BCUT2D eigenvalue weighted by Crippen LogP contribution is -2.34. The van der Waals surface area contributed by atoms with Crippen molar-refractivity contribution in [1.29, 1.82) is 0 Å². The number of anilines is 1. The van der Waals surface area contributed by atoms with Crippen molar-refractivity contribution in [3.8, 4) is 0 Å². The molecule has 0 spiro atoms. The van der Waals surface area contributed by atoms with Crippen molar-refractivity contribution in [2.24, 2.45) is 0 Å². The van der Waals surface area contributed by atoms with Crippen molar-refractivity contribution >= 4 is 28.9 Å². The molecule has 1 aliphatic heterocycles. The van der Waals surface area contributed by atoms with E-state index in [-0.39, 0.29) is 18.6 Å². The van der Waals surface area contributed by atoms with Gasteiger partial charge < -0.3 is 25.0 Å². The number of carbonyl (C=O) groups is 2. The number of aliphatic hydroxyl groups is 3. The normalized spacial score (nSPS) is 18.1. The summed E-state index contributed by atoms with van der Waals surface area (Å²) in [6.07, 6.45) is 6.30. The lowest BCUT2D eigenvalue weighted by Gasteiger charge is -2.25. The quantitative estimate of drug-likeness (QED) is 0.225. The Balaban J connectivity index is 1.49. The van der Waals surface area contributed by atoms with Gasteiger partial charge in [0.1, 0.15) is 23.7 Å². The lowest BCUT2D eigenvalue weighted by atomic mass is 9.95. The van der Waals surface area contributed by atoms with Gasteiger partial charge in [0.15, 0.2) is 0 Å². The number of unbranched alkanes of at least 4 members (excludes halogenated alkanes) is 2. The van der Waals surface area contributed by atoms with Crippen LogP contribution in [-0.4, -0.2) is 58.7 Å². The smallest absolute Gasteiger partial charge is 0.348 e. The minimum Gasteiger partial charge on any atom is -0.459 e. The van der Waals surface area contributed by atoms with Crippen LogP contribution in [0.25, 0.3) is 0 Å². The second-order valence-corrected chi connectivity index (χ2v) is 11.2. The van der Waals surface area contributed by atoms with Gasteiger partial charge in [-0.1, -0.05) is 45.2 Å². The number of thiophene rings is 1.